The van der Waals surface area contributed by atoms with Gasteiger partial charge in [0.05, 0.1) is 0 Å². The summed E-state index contributed by atoms with van der Waals surface area (Å²) in [5, 5.41) is 0. The van der Waals surface area contributed by atoms with Crippen LogP contribution in [-0.2, 0) is 4.79 Å². The fourth-order valence-corrected chi connectivity index (χ4v) is 2.85. The first-order chi connectivity index (χ1) is 8.60. The molecule has 18 heavy (non-hydrogen) atoms. The minimum absolute atomic E-state index is 0.107. The molecule has 106 valence electrons. The van der Waals surface area contributed by atoms with Crippen LogP contribution in [-0.4, -0.2) is 55.0 Å². The number of carbonyl (C=O) groups is 1. The number of amides is 1. The summed E-state index contributed by atoms with van der Waals surface area (Å²) in [6, 6.07) is 0.561. The first-order valence-electron chi connectivity index (χ1n) is 7.29. The average molecular weight is 255 g/mol. The van der Waals surface area contributed by atoms with Gasteiger partial charge in [0.2, 0.25) is 5.91 Å². The zero-order chi connectivity index (χ0) is 13.5. The molecule has 1 aliphatic heterocycles. The van der Waals surface area contributed by atoms with Crippen molar-refractivity contribution in [3.8, 4) is 0 Å². The fourth-order valence-electron chi connectivity index (χ4n) is 2.85. The first-order valence-corrected chi connectivity index (χ1v) is 7.29. The summed E-state index contributed by atoms with van der Waals surface area (Å²) in [7, 11) is 1.94. The highest BCUT2D eigenvalue weighted by Gasteiger charge is 2.26. The van der Waals surface area contributed by atoms with E-state index in [1.165, 1.54) is 19.4 Å². The van der Waals surface area contributed by atoms with Crippen LogP contribution in [0.5, 0.6) is 0 Å². The number of nitrogens with two attached hydrogens (primary N) is 1. The monoisotopic (exact) mass is 255 g/mol. The van der Waals surface area contributed by atoms with Gasteiger partial charge in [0.15, 0.2) is 0 Å². The molecule has 1 heterocycles. The van der Waals surface area contributed by atoms with Crippen molar-refractivity contribution in [1.29, 1.82) is 0 Å². The van der Waals surface area contributed by atoms with E-state index >= 15 is 0 Å². The summed E-state index contributed by atoms with van der Waals surface area (Å²) in [5.74, 6) is 0.376. The summed E-state index contributed by atoms with van der Waals surface area (Å²) in [5.41, 5.74) is 5.49. The topological polar surface area (TPSA) is 49.6 Å². The van der Waals surface area contributed by atoms with Gasteiger partial charge in [-0.05, 0) is 45.3 Å². The molecule has 4 heteroatoms. The summed E-state index contributed by atoms with van der Waals surface area (Å²) in [6.07, 6.45) is 4.33. The lowest BCUT2D eigenvalue weighted by atomic mass is 10.0. The van der Waals surface area contributed by atoms with E-state index in [1.807, 2.05) is 18.9 Å². The van der Waals surface area contributed by atoms with Gasteiger partial charge >= 0.3 is 0 Å². The second-order valence-corrected chi connectivity index (χ2v) is 5.48. The molecule has 1 rings (SSSR count). The Kier molecular flexibility index (Phi) is 6.65. The molecule has 0 spiro atoms. The maximum Gasteiger partial charge on any atom is 0.225 e. The normalized spacial score (nSPS) is 22.1. The molecule has 1 saturated heterocycles. The van der Waals surface area contributed by atoms with Crippen LogP contribution in [0.2, 0.25) is 0 Å². The second-order valence-electron chi connectivity index (χ2n) is 5.48. The van der Waals surface area contributed by atoms with Gasteiger partial charge in [0.1, 0.15) is 0 Å². The van der Waals surface area contributed by atoms with E-state index in [0.717, 1.165) is 25.9 Å². The molecule has 0 aliphatic carbocycles. The fraction of sp³-hybridized carbons (Fsp3) is 0.929. The number of rotatable bonds is 7. The highest BCUT2D eigenvalue weighted by molar-refractivity contribution is 5.78. The largest absolute Gasteiger partial charge is 0.344 e. The number of nitrogens with zero attached hydrogens (tertiary/aromatic N) is 2. The quantitative estimate of drug-likeness (QED) is 0.746. The van der Waals surface area contributed by atoms with Gasteiger partial charge < -0.3 is 10.6 Å². The minimum atomic E-state index is 0.107. The first kappa shape index (κ1) is 15.4. The molecule has 2 unspecified atom stereocenters. The molecule has 2 N–H and O–H groups in total. The lowest BCUT2D eigenvalue weighted by Gasteiger charge is -2.29. The van der Waals surface area contributed by atoms with E-state index in [0.29, 0.717) is 12.6 Å². The standard InChI is InChI=1S/C14H29N3O/c1-4-17-10-6-8-13(17)11-16(3)14(18)12(2)7-5-9-15/h12-13H,4-11,15H2,1-3H3. The minimum Gasteiger partial charge on any atom is -0.344 e. The predicted octanol–water partition coefficient (Wildman–Crippen LogP) is 1.30. The van der Waals surface area contributed by atoms with Crippen molar-refractivity contribution in [2.24, 2.45) is 11.7 Å². The van der Waals surface area contributed by atoms with Crippen LogP contribution in [0.25, 0.3) is 0 Å². The molecule has 0 radical (unpaired) electrons. The summed E-state index contributed by atoms with van der Waals surface area (Å²) in [6.45, 7) is 8.04. The summed E-state index contributed by atoms with van der Waals surface area (Å²) < 4.78 is 0. The molecule has 1 amide bonds. The molecule has 0 aromatic rings. The Morgan fingerprint density at radius 3 is 2.89 bits per heavy atom. The van der Waals surface area contributed by atoms with E-state index < -0.39 is 0 Å². The van der Waals surface area contributed by atoms with E-state index in [2.05, 4.69) is 11.8 Å². The number of likely N-dealkylation sites (tertiary alicyclic amines) is 1. The maximum absolute atomic E-state index is 12.2. The Morgan fingerprint density at radius 1 is 1.56 bits per heavy atom. The number of hydrogen-bond donors (Lipinski definition) is 1. The maximum atomic E-state index is 12.2. The average Bonchev–Trinajstić information content (AvgIpc) is 2.81. The van der Waals surface area contributed by atoms with Crippen molar-refractivity contribution in [1.82, 2.24) is 9.80 Å². The number of carbonyl (C=O) groups excluding carboxylic acids is 1. The Morgan fingerprint density at radius 2 is 2.28 bits per heavy atom. The molecule has 0 bridgehead atoms. The van der Waals surface area contributed by atoms with Crippen molar-refractivity contribution in [3.63, 3.8) is 0 Å². The Hall–Kier alpha value is -0.610. The van der Waals surface area contributed by atoms with Crippen LogP contribution < -0.4 is 5.73 Å². The van der Waals surface area contributed by atoms with Crippen molar-refractivity contribution >= 4 is 5.91 Å². The van der Waals surface area contributed by atoms with Crippen molar-refractivity contribution < 1.29 is 4.79 Å². The molecule has 0 aromatic carbocycles. The third-order valence-corrected chi connectivity index (χ3v) is 4.03. The van der Waals surface area contributed by atoms with Crippen LogP contribution in [0.15, 0.2) is 0 Å². The van der Waals surface area contributed by atoms with E-state index in [1.54, 1.807) is 0 Å². The van der Waals surface area contributed by atoms with Crippen molar-refractivity contribution in [2.75, 3.05) is 33.2 Å². The highest BCUT2D eigenvalue weighted by Crippen LogP contribution is 2.18. The van der Waals surface area contributed by atoms with Crippen molar-refractivity contribution in [2.45, 2.75) is 45.6 Å². The third-order valence-electron chi connectivity index (χ3n) is 4.03. The molecule has 2 atom stereocenters. The van der Waals surface area contributed by atoms with Crippen LogP contribution in [0.1, 0.15) is 39.5 Å². The van der Waals surface area contributed by atoms with Crippen molar-refractivity contribution in [3.05, 3.63) is 0 Å². The molecular weight excluding hydrogens is 226 g/mol. The summed E-state index contributed by atoms with van der Waals surface area (Å²) in [4.78, 5) is 16.6. The Bertz CT molecular complexity index is 257. The van der Waals surface area contributed by atoms with Gasteiger partial charge in [-0.2, -0.15) is 0 Å². The van der Waals surface area contributed by atoms with E-state index in [9.17, 15) is 4.79 Å². The van der Waals surface area contributed by atoms with Gasteiger partial charge in [0, 0.05) is 25.6 Å². The van der Waals surface area contributed by atoms with Crippen LogP contribution in [0.4, 0.5) is 0 Å². The number of likely N-dealkylation sites (N-methyl/N-ethyl adjacent to an activating group) is 2. The zero-order valence-corrected chi connectivity index (χ0v) is 12.2. The third kappa shape index (κ3) is 4.25. The van der Waals surface area contributed by atoms with Gasteiger partial charge in [-0.25, -0.2) is 0 Å². The van der Waals surface area contributed by atoms with Crippen LogP contribution in [0, 0.1) is 5.92 Å². The van der Waals surface area contributed by atoms with Gasteiger partial charge in [0.25, 0.3) is 0 Å². The lowest BCUT2D eigenvalue weighted by Crippen LogP contribution is -2.42. The molecule has 0 saturated carbocycles. The zero-order valence-electron chi connectivity index (χ0n) is 12.2. The van der Waals surface area contributed by atoms with E-state index in [4.69, 9.17) is 5.73 Å². The van der Waals surface area contributed by atoms with Crippen LogP contribution >= 0.6 is 0 Å². The number of hydrogen-bond acceptors (Lipinski definition) is 3. The SMILES string of the molecule is CCN1CCCC1CN(C)C(=O)C(C)CCCN. The second kappa shape index (κ2) is 7.74. The molecule has 0 aromatic heterocycles. The Balaban J connectivity index is 2.39. The Labute approximate surface area is 111 Å². The molecule has 4 nitrogen and oxygen atoms in total. The predicted molar refractivity (Wildman–Crippen MR) is 75.4 cm³/mol. The molecule has 1 fully saturated rings. The lowest BCUT2D eigenvalue weighted by molar-refractivity contribution is -0.134. The summed E-state index contributed by atoms with van der Waals surface area (Å²) >= 11 is 0. The molecular formula is C14H29N3O. The smallest absolute Gasteiger partial charge is 0.225 e. The van der Waals surface area contributed by atoms with Crippen LogP contribution in [0.3, 0.4) is 0 Å². The van der Waals surface area contributed by atoms with Gasteiger partial charge in [-0.15, -0.1) is 0 Å². The molecule has 1 aliphatic rings. The van der Waals surface area contributed by atoms with E-state index in [-0.39, 0.29) is 11.8 Å². The highest BCUT2D eigenvalue weighted by atomic mass is 16.2. The van der Waals surface area contributed by atoms with Gasteiger partial charge in [-0.1, -0.05) is 13.8 Å². The van der Waals surface area contributed by atoms with Gasteiger partial charge in [-0.3, -0.25) is 9.69 Å².